The van der Waals surface area contributed by atoms with Gasteiger partial charge in [0.05, 0.1) is 6.61 Å². The van der Waals surface area contributed by atoms with Crippen LogP contribution < -0.4 is 5.32 Å². The molecule has 3 N–H and O–H groups in total. The lowest BCUT2D eigenvalue weighted by atomic mass is 10.2. The Kier molecular flexibility index (Phi) is 5.36. The average molecular weight is 259 g/mol. The Hall–Kier alpha value is -1.34. The molecule has 2 atom stereocenters. The summed E-state index contributed by atoms with van der Waals surface area (Å²) in [6.07, 6.45) is 0.852. The monoisotopic (exact) mass is 259 g/mol. The van der Waals surface area contributed by atoms with Crippen molar-refractivity contribution in [3.05, 3.63) is 0 Å². The summed E-state index contributed by atoms with van der Waals surface area (Å²) >= 11 is 0. The molecule has 0 bridgehead atoms. The Bertz CT molecular complexity index is 311. The lowest BCUT2D eigenvalue weighted by Gasteiger charge is -2.29. The van der Waals surface area contributed by atoms with Crippen LogP contribution >= 0.6 is 0 Å². The van der Waals surface area contributed by atoms with Crippen molar-refractivity contribution in [3.63, 3.8) is 0 Å². The number of nitrogens with one attached hydrogen (secondary N) is 1. The number of aliphatic hydroxyl groups is 1. The molecule has 1 saturated heterocycles. The summed E-state index contributed by atoms with van der Waals surface area (Å²) in [6.45, 7) is 3.58. The molecule has 0 spiro atoms. The van der Waals surface area contributed by atoms with Gasteiger partial charge < -0.3 is 25.3 Å². The summed E-state index contributed by atoms with van der Waals surface area (Å²) in [7, 11) is 1.99. The molecular weight excluding hydrogens is 238 g/mol. The number of amides is 2. The van der Waals surface area contributed by atoms with Gasteiger partial charge in [-0.1, -0.05) is 0 Å². The summed E-state index contributed by atoms with van der Waals surface area (Å²) in [5.41, 5.74) is 0. The highest BCUT2D eigenvalue weighted by Gasteiger charge is 2.27. The minimum atomic E-state index is -1.24. The molecule has 7 heteroatoms. The molecule has 1 unspecified atom stereocenters. The molecule has 0 radical (unpaired) electrons. The average Bonchev–Trinajstić information content (AvgIpc) is 2.46. The molecule has 18 heavy (non-hydrogen) atoms. The van der Waals surface area contributed by atoms with Crippen LogP contribution in [-0.4, -0.2) is 77.4 Å². The Morgan fingerprint density at radius 1 is 1.44 bits per heavy atom. The number of hydrogen-bond acceptors (Lipinski definition) is 4. The van der Waals surface area contributed by atoms with Crippen molar-refractivity contribution in [2.45, 2.75) is 25.4 Å². The van der Waals surface area contributed by atoms with Crippen LogP contribution in [0.2, 0.25) is 0 Å². The van der Waals surface area contributed by atoms with Gasteiger partial charge in [-0.3, -0.25) is 0 Å². The zero-order valence-corrected chi connectivity index (χ0v) is 10.8. The number of carbonyl (C=O) groups excluding carboxylic acids is 1. The Morgan fingerprint density at radius 3 is 2.67 bits per heavy atom. The van der Waals surface area contributed by atoms with Crippen molar-refractivity contribution in [2.75, 3.05) is 33.3 Å². The summed E-state index contributed by atoms with van der Waals surface area (Å²) in [5, 5.41) is 20.0. The van der Waals surface area contributed by atoms with E-state index in [2.05, 4.69) is 10.2 Å². The predicted octanol–water partition coefficient (Wildman–Crippen LogP) is -0.832. The molecular formula is C11H21N3O4. The fraction of sp³-hybridized carbons (Fsp3) is 0.818. The first-order valence-electron chi connectivity index (χ1n) is 6.05. The van der Waals surface area contributed by atoms with E-state index in [1.165, 1.54) is 0 Å². The van der Waals surface area contributed by atoms with E-state index in [0.29, 0.717) is 6.54 Å². The molecule has 0 aromatic heterocycles. The Balaban J connectivity index is 2.61. The van der Waals surface area contributed by atoms with Crippen LogP contribution in [0.25, 0.3) is 0 Å². The first kappa shape index (κ1) is 14.7. The van der Waals surface area contributed by atoms with E-state index in [0.717, 1.165) is 19.5 Å². The van der Waals surface area contributed by atoms with Gasteiger partial charge >= 0.3 is 12.0 Å². The largest absolute Gasteiger partial charge is 0.480 e. The van der Waals surface area contributed by atoms with Crippen LogP contribution in [0.4, 0.5) is 4.79 Å². The molecule has 2 amide bonds. The van der Waals surface area contributed by atoms with Crippen LogP contribution in [0.5, 0.6) is 0 Å². The van der Waals surface area contributed by atoms with E-state index in [4.69, 9.17) is 10.2 Å². The van der Waals surface area contributed by atoms with Gasteiger partial charge in [-0.05, 0) is 26.9 Å². The Labute approximate surface area is 106 Å². The molecule has 1 aliphatic heterocycles. The number of carboxylic acids is 1. The fourth-order valence-corrected chi connectivity index (χ4v) is 2.09. The van der Waals surface area contributed by atoms with Crippen molar-refractivity contribution in [1.82, 2.24) is 15.1 Å². The first-order valence-corrected chi connectivity index (χ1v) is 6.05. The smallest absolute Gasteiger partial charge is 0.328 e. The molecule has 104 valence electrons. The third kappa shape index (κ3) is 3.85. The number of hydrogen-bond donors (Lipinski definition) is 3. The molecule has 0 aromatic carbocycles. The predicted molar refractivity (Wildman–Crippen MR) is 65.3 cm³/mol. The standard InChI is InChI=1S/C11H21N3O4/c1-8-6-13(2)4-3-5-14(8)11(18)12-9(7-15)10(16)17/h8-9,15H,3-7H2,1-2H3,(H,12,18)(H,16,17)/t8?,9-/m0/s1. The van der Waals surface area contributed by atoms with E-state index < -0.39 is 24.6 Å². The number of aliphatic hydroxyl groups excluding tert-OH is 1. The van der Waals surface area contributed by atoms with Crippen molar-refractivity contribution in [1.29, 1.82) is 0 Å². The van der Waals surface area contributed by atoms with Crippen LogP contribution in [0.1, 0.15) is 13.3 Å². The summed E-state index contributed by atoms with van der Waals surface area (Å²) in [5.74, 6) is -1.23. The van der Waals surface area contributed by atoms with Crippen molar-refractivity contribution in [2.24, 2.45) is 0 Å². The molecule has 1 aliphatic rings. The van der Waals surface area contributed by atoms with E-state index in [9.17, 15) is 9.59 Å². The third-order valence-corrected chi connectivity index (χ3v) is 3.09. The molecule has 0 aromatic rings. The normalized spacial score (nSPS) is 23.3. The van der Waals surface area contributed by atoms with E-state index in [1.54, 1.807) is 4.90 Å². The van der Waals surface area contributed by atoms with Crippen LogP contribution in [0, 0.1) is 0 Å². The SMILES string of the molecule is CC1CN(C)CCCN1C(=O)N[C@@H](CO)C(=O)O. The minimum absolute atomic E-state index is 0.0191. The highest BCUT2D eigenvalue weighted by Crippen LogP contribution is 2.08. The summed E-state index contributed by atoms with van der Waals surface area (Å²) in [6, 6.07) is -1.66. The highest BCUT2D eigenvalue weighted by atomic mass is 16.4. The quantitative estimate of drug-likeness (QED) is 0.615. The number of carboxylic acid groups (broad SMARTS) is 1. The van der Waals surface area contributed by atoms with E-state index in [1.807, 2.05) is 14.0 Å². The summed E-state index contributed by atoms with van der Waals surface area (Å²) in [4.78, 5) is 26.5. The molecule has 0 aliphatic carbocycles. The van der Waals surface area contributed by atoms with Gasteiger partial charge in [-0.2, -0.15) is 0 Å². The van der Waals surface area contributed by atoms with Gasteiger partial charge in [-0.25, -0.2) is 9.59 Å². The zero-order chi connectivity index (χ0) is 13.7. The van der Waals surface area contributed by atoms with Gasteiger partial charge in [0.2, 0.25) is 0 Å². The third-order valence-electron chi connectivity index (χ3n) is 3.09. The zero-order valence-electron chi connectivity index (χ0n) is 10.8. The van der Waals surface area contributed by atoms with E-state index >= 15 is 0 Å². The number of nitrogens with zero attached hydrogens (tertiary/aromatic N) is 2. The van der Waals surface area contributed by atoms with Gasteiger partial charge in [-0.15, -0.1) is 0 Å². The summed E-state index contributed by atoms with van der Waals surface area (Å²) < 4.78 is 0. The molecule has 1 rings (SSSR count). The lowest BCUT2D eigenvalue weighted by molar-refractivity contribution is -0.140. The van der Waals surface area contributed by atoms with Gasteiger partial charge in [0, 0.05) is 19.1 Å². The molecule has 0 saturated carbocycles. The maximum absolute atomic E-state index is 12.0. The number of carbonyl (C=O) groups is 2. The maximum Gasteiger partial charge on any atom is 0.328 e. The maximum atomic E-state index is 12.0. The highest BCUT2D eigenvalue weighted by molar-refractivity contribution is 5.82. The number of aliphatic carboxylic acids is 1. The molecule has 7 nitrogen and oxygen atoms in total. The van der Waals surface area contributed by atoms with Gasteiger partial charge in [0.15, 0.2) is 6.04 Å². The first-order chi connectivity index (χ1) is 8.45. The number of urea groups is 1. The topological polar surface area (TPSA) is 93.1 Å². The van der Waals surface area contributed by atoms with Crippen molar-refractivity contribution in [3.8, 4) is 0 Å². The molecule has 1 heterocycles. The van der Waals surface area contributed by atoms with Crippen molar-refractivity contribution >= 4 is 12.0 Å². The van der Waals surface area contributed by atoms with Gasteiger partial charge in [0.1, 0.15) is 0 Å². The Morgan fingerprint density at radius 2 is 2.11 bits per heavy atom. The molecule has 1 fully saturated rings. The van der Waals surface area contributed by atoms with Gasteiger partial charge in [0.25, 0.3) is 0 Å². The minimum Gasteiger partial charge on any atom is -0.480 e. The van der Waals surface area contributed by atoms with E-state index in [-0.39, 0.29) is 6.04 Å². The second-order valence-corrected chi connectivity index (χ2v) is 4.68. The second-order valence-electron chi connectivity index (χ2n) is 4.68. The van der Waals surface area contributed by atoms with Crippen LogP contribution in [0.15, 0.2) is 0 Å². The van der Waals surface area contributed by atoms with Crippen LogP contribution in [0.3, 0.4) is 0 Å². The van der Waals surface area contributed by atoms with Crippen molar-refractivity contribution < 1.29 is 19.8 Å². The second kappa shape index (κ2) is 6.55. The lowest BCUT2D eigenvalue weighted by Crippen LogP contribution is -2.53. The number of rotatable bonds is 3. The van der Waals surface area contributed by atoms with Crippen LogP contribution in [-0.2, 0) is 4.79 Å². The fourth-order valence-electron chi connectivity index (χ4n) is 2.09. The number of likely N-dealkylation sites (N-methyl/N-ethyl adjacent to an activating group) is 1.